The second-order valence-corrected chi connectivity index (χ2v) is 6.73. The van der Waals surface area contributed by atoms with Crippen molar-refractivity contribution in [3.8, 4) is 11.1 Å². The van der Waals surface area contributed by atoms with Crippen molar-refractivity contribution in [2.75, 3.05) is 39.8 Å². The van der Waals surface area contributed by atoms with E-state index in [2.05, 4.69) is 46.2 Å². The van der Waals surface area contributed by atoms with Gasteiger partial charge in [0.15, 0.2) is 0 Å². The van der Waals surface area contributed by atoms with Crippen LogP contribution in [-0.4, -0.2) is 55.6 Å². The van der Waals surface area contributed by atoms with E-state index in [0.717, 1.165) is 37.7 Å². The van der Waals surface area contributed by atoms with Gasteiger partial charge in [0.1, 0.15) is 0 Å². The molecule has 0 unspecified atom stereocenters. The minimum absolute atomic E-state index is 0.165. The van der Waals surface area contributed by atoms with Crippen LogP contribution in [0.2, 0.25) is 5.02 Å². The molecule has 4 nitrogen and oxygen atoms in total. The number of methoxy groups -OCH3 is 1. The van der Waals surface area contributed by atoms with Gasteiger partial charge < -0.3 is 4.74 Å². The van der Waals surface area contributed by atoms with Crippen LogP contribution in [-0.2, 0) is 16.1 Å². The van der Waals surface area contributed by atoms with Gasteiger partial charge in [0.25, 0.3) is 0 Å². The predicted octanol–water partition coefficient (Wildman–Crippen LogP) is 3.30. The van der Waals surface area contributed by atoms with Crippen LogP contribution >= 0.6 is 11.6 Å². The summed E-state index contributed by atoms with van der Waals surface area (Å²) in [5.74, 6) is -0.165. The first-order chi connectivity index (χ1) is 12.2. The van der Waals surface area contributed by atoms with Gasteiger partial charge in [0.05, 0.1) is 13.7 Å². The van der Waals surface area contributed by atoms with Crippen molar-refractivity contribution in [1.82, 2.24) is 9.80 Å². The smallest absolute Gasteiger partial charge is 0.319 e. The van der Waals surface area contributed by atoms with E-state index in [1.54, 1.807) is 0 Å². The monoisotopic (exact) mass is 358 g/mol. The van der Waals surface area contributed by atoms with Gasteiger partial charge >= 0.3 is 5.97 Å². The number of esters is 1. The highest BCUT2D eigenvalue weighted by atomic mass is 35.5. The highest BCUT2D eigenvalue weighted by Crippen LogP contribution is 2.26. The van der Waals surface area contributed by atoms with Crippen molar-refractivity contribution >= 4 is 17.6 Å². The average molecular weight is 359 g/mol. The lowest BCUT2D eigenvalue weighted by Gasteiger charge is -2.34. The molecule has 0 amide bonds. The lowest BCUT2D eigenvalue weighted by atomic mass is 9.99. The summed E-state index contributed by atoms with van der Waals surface area (Å²) in [6, 6.07) is 16.5. The van der Waals surface area contributed by atoms with Gasteiger partial charge in [-0.1, -0.05) is 48.0 Å². The first-order valence-electron chi connectivity index (χ1n) is 8.51. The molecule has 0 saturated carbocycles. The van der Waals surface area contributed by atoms with E-state index in [1.807, 2.05) is 12.1 Å². The van der Waals surface area contributed by atoms with Crippen LogP contribution in [0.3, 0.4) is 0 Å². The Hall–Kier alpha value is -1.88. The molecule has 5 heteroatoms. The fourth-order valence-electron chi connectivity index (χ4n) is 3.16. The zero-order valence-corrected chi connectivity index (χ0v) is 15.2. The van der Waals surface area contributed by atoms with Gasteiger partial charge in [0.2, 0.25) is 0 Å². The molecule has 0 radical (unpaired) electrons. The number of halogens is 1. The topological polar surface area (TPSA) is 32.8 Å². The maximum Gasteiger partial charge on any atom is 0.319 e. The van der Waals surface area contributed by atoms with Crippen LogP contribution < -0.4 is 0 Å². The molecule has 0 atom stereocenters. The first-order valence-corrected chi connectivity index (χ1v) is 8.89. The molecule has 0 spiro atoms. The first kappa shape index (κ1) is 17.9. The molecular weight excluding hydrogens is 336 g/mol. The number of ether oxygens (including phenoxy) is 1. The summed E-state index contributed by atoms with van der Waals surface area (Å²) >= 11 is 6.01. The maximum atomic E-state index is 11.4. The molecule has 0 aliphatic carbocycles. The van der Waals surface area contributed by atoms with Crippen LogP contribution in [0.4, 0.5) is 0 Å². The maximum absolute atomic E-state index is 11.4. The van der Waals surface area contributed by atoms with E-state index in [4.69, 9.17) is 16.3 Å². The van der Waals surface area contributed by atoms with Crippen molar-refractivity contribution < 1.29 is 9.53 Å². The number of carbonyl (C=O) groups is 1. The van der Waals surface area contributed by atoms with E-state index < -0.39 is 0 Å². The third-order valence-electron chi connectivity index (χ3n) is 4.61. The minimum Gasteiger partial charge on any atom is -0.468 e. The fourth-order valence-corrected chi connectivity index (χ4v) is 3.29. The van der Waals surface area contributed by atoms with Crippen molar-refractivity contribution in [2.45, 2.75) is 6.54 Å². The number of hydrogen-bond acceptors (Lipinski definition) is 4. The zero-order chi connectivity index (χ0) is 17.6. The van der Waals surface area contributed by atoms with Crippen LogP contribution in [0.25, 0.3) is 11.1 Å². The summed E-state index contributed by atoms with van der Waals surface area (Å²) in [7, 11) is 1.44. The van der Waals surface area contributed by atoms with Crippen LogP contribution in [0.5, 0.6) is 0 Å². The Morgan fingerprint density at radius 2 is 1.64 bits per heavy atom. The summed E-state index contributed by atoms with van der Waals surface area (Å²) in [6.45, 7) is 4.96. The molecular formula is C20H23ClN2O2. The molecule has 25 heavy (non-hydrogen) atoms. The second kappa shape index (κ2) is 8.48. The highest BCUT2D eigenvalue weighted by molar-refractivity contribution is 6.30. The zero-order valence-electron chi connectivity index (χ0n) is 14.5. The third-order valence-corrected chi connectivity index (χ3v) is 4.86. The Labute approximate surface area is 154 Å². The molecule has 0 aromatic heterocycles. The van der Waals surface area contributed by atoms with Crippen molar-refractivity contribution in [2.24, 2.45) is 0 Å². The van der Waals surface area contributed by atoms with Crippen LogP contribution in [0.1, 0.15) is 5.56 Å². The van der Waals surface area contributed by atoms with E-state index in [-0.39, 0.29) is 5.97 Å². The molecule has 0 N–H and O–H groups in total. The standard InChI is InChI=1S/C20H23ClN2O2/c1-25-20(24)15-23-12-10-22(11-13-23)14-17-4-2-3-5-19(17)16-6-8-18(21)9-7-16/h2-9H,10-15H2,1H3. The van der Waals surface area contributed by atoms with Gasteiger partial charge in [-0.05, 0) is 28.8 Å². The Morgan fingerprint density at radius 3 is 2.32 bits per heavy atom. The lowest BCUT2D eigenvalue weighted by molar-refractivity contribution is -0.142. The molecule has 0 bridgehead atoms. The molecule has 1 heterocycles. The molecule has 2 aromatic rings. The highest BCUT2D eigenvalue weighted by Gasteiger charge is 2.20. The van der Waals surface area contributed by atoms with Gasteiger partial charge in [-0.25, -0.2) is 0 Å². The van der Waals surface area contributed by atoms with Crippen LogP contribution in [0.15, 0.2) is 48.5 Å². The van der Waals surface area contributed by atoms with E-state index in [9.17, 15) is 4.79 Å². The summed E-state index contributed by atoms with van der Waals surface area (Å²) in [6.07, 6.45) is 0. The number of piperazine rings is 1. The summed E-state index contributed by atoms with van der Waals surface area (Å²) in [5, 5.41) is 0.753. The molecule has 1 aliphatic rings. The van der Waals surface area contributed by atoms with E-state index >= 15 is 0 Å². The average Bonchev–Trinajstić information content (AvgIpc) is 2.64. The Balaban J connectivity index is 1.64. The molecule has 132 valence electrons. The number of hydrogen-bond donors (Lipinski definition) is 0. The number of nitrogens with zero attached hydrogens (tertiary/aromatic N) is 2. The Morgan fingerprint density at radius 1 is 1.00 bits per heavy atom. The molecule has 1 saturated heterocycles. The minimum atomic E-state index is -0.165. The number of rotatable bonds is 5. The van der Waals surface area contributed by atoms with Crippen molar-refractivity contribution in [3.63, 3.8) is 0 Å². The van der Waals surface area contributed by atoms with Gasteiger partial charge in [0, 0.05) is 37.7 Å². The Bertz CT molecular complexity index is 710. The number of benzene rings is 2. The van der Waals surface area contributed by atoms with Gasteiger partial charge in [-0.15, -0.1) is 0 Å². The normalized spacial score (nSPS) is 15.9. The van der Waals surface area contributed by atoms with Crippen LogP contribution in [0, 0.1) is 0 Å². The fraction of sp³-hybridized carbons (Fsp3) is 0.350. The van der Waals surface area contributed by atoms with E-state index in [1.165, 1.54) is 23.8 Å². The molecule has 3 rings (SSSR count). The lowest BCUT2D eigenvalue weighted by Crippen LogP contribution is -2.47. The number of carbonyl (C=O) groups excluding carboxylic acids is 1. The summed E-state index contributed by atoms with van der Waals surface area (Å²) in [4.78, 5) is 16.0. The van der Waals surface area contributed by atoms with Crippen molar-refractivity contribution in [3.05, 3.63) is 59.1 Å². The third kappa shape index (κ3) is 4.82. The summed E-state index contributed by atoms with van der Waals surface area (Å²) in [5.41, 5.74) is 3.74. The Kier molecular flexibility index (Phi) is 6.08. The summed E-state index contributed by atoms with van der Waals surface area (Å²) < 4.78 is 4.74. The quantitative estimate of drug-likeness (QED) is 0.768. The SMILES string of the molecule is COC(=O)CN1CCN(Cc2ccccc2-c2ccc(Cl)cc2)CC1. The van der Waals surface area contributed by atoms with Gasteiger partial charge in [-0.3, -0.25) is 14.6 Å². The van der Waals surface area contributed by atoms with Crippen molar-refractivity contribution in [1.29, 1.82) is 0 Å². The largest absolute Gasteiger partial charge is 0.468 e. The predicted molar refractivity (Wildman–Crippen MR) is 101 cm³/mol. The van der Waals surface area contributed by atoms with E-state index in [0.29, 0.717) is 6.54 Å². The molecule has 1 aliphatic heterocycles. The second-order valence-electron chi connectivity index (χ2n) is 6.29. The molecule has 1 fully saturated rings. The molecule has 2 aromatic carbocycles. The van der Waals surface area contributed by atoms with Gasteiger partial charge in [-0.2, -0.15) is 0 Å².